The fraction of sp³-hybridized carbons (Fsp3) is 0.973. The number of rotatable bonds is 30. The van der Waals surface area contributed by atoms with Crippen LogP contribution < -0.4 is 0 Å². The van der Waals surface area contributed by atoms with Gasteiger partial charge in [-0.25, -0.2) is 0 Å². The Balaban J connectivity index is 2.57. The minimum atomic E-state index is 0.384. The highest BCUT2D eigenvalue weighted by Crippen LogP contribution is 2.19. The molecule has 0 aromatic carbocycles. The third kappa shape index (κ3) is 21.7. The van der Waals surface area contributed by atoms with Crippen molar-refractivity contribution in [3.63, 3.8) is 0 Å². The molecule has 1 aliphatic heterocycles. The van der Waals surface area contributed by atoms with Gasteiger partial charge < -0.3 is 9.80 Å². The molecule has 1 rings (SSSR count). The molecule has 0 bridgehead atoms. The number of likely N-dealkylation sites (tertiary alicyclic amines) is 1. The molecule has 0 aliphatic carbocycles. The molecule has 1 heterocycles. The maximum absolute atomic E-state index is 13.3. The lowest BCUT2D eigenvalue weighted by Crippen LogP contribution is -2.43. The second-order valence-corrected chi connectivity index (χ2v) is 13.4. The van der Waals surface area contributed by atoms with E-state index < -0.39 is 0 Å². The van der Waals surface area contributed by atoms with Crippen molar-refractivity contribution >= 4 is 5.91 Å². The Morgan fingerprint density at radius 1 is 0.537 bits per heavy atom. The Hall–Kier alpha value is -0.610. The average Bonchev–Trinajstić information content (AvgIpc) is 3.47. The van der Waals surface area contributed by atoms with Gasteiger partial charge in [-0.2, -0.15) is 0 Å². The van der Waals surface area contributed by atoms with Crippen LogP contribution in [0.15, 0.2) is 0 Å². The standard InChI is InChI=1S/C37H75N3O/c1-5-9-12-15-18-21-24-28-38(29-25-22-19-16-13-10-6-2)32-33-39(30-26-23-20-17-14-11-7-3)35-37(41)40-31-27-36(8-4)34-40/h36H,5-35H2,1-4H3. The lowest BCUT2D eigenvalue weighted by atomic mass is 10.1. The van der Waals surface area contributed by atoms with E-state index in [1.54, 1.807) is 0 Å². The highest BCUT2D eigenvalue weighted by atomic mass is 16.2. The smallest absolute Gasteiger partial charge is 0.236 e. The molecule has 1 atom stereocenters. The van der Waals surface area contributed by atoms with Crippen molar-refractivity contribution in [1.82, 2.24) is 14.7 Å². The van der Waals surface area contributed by atoms with Crippen LogP contribution in [-0.4, -0.2) is 73.0 Å². The van der Waals surface area contributed by atoms with Gasteiger partial charge in [0.2, 0.25) is 5.91 Å². The Morgan fingerprint density at radius 3 is 1.34 bits per heavy atom. The quantitative estimate of drug-likeness (QED) is 0.0795. The van der Waals surface area contributed by atoms with Crippen molar-refractivity contribution in [1.29, 1.82) is 0 Å². The van der Waals surface area contributed by atoms with Gasteiger partial charge >= 0.3 is 0 Å². The minimum absolute atomic E-state index is 0.384. The van der Waals surface area contributed by atoms with Gasteiger partial charge in [-0.15, -0.1) is 0 Å². The lowest BCUT2D eigenvalue weighted by molar-refractivity contribution is -0.131. The molecule has 0 aromatic heterocycles. The summed E-state index contributed by atoms with van der Waals surface area (Å²) >= 11 is 0. The van der Waals surface area contributed by atoms with E-state index in [9.17, 15) is 4.79 Å². The van der Waals surface area contributed by atoms with E-state index in [-0.39, 0.29) is 0 Å². The summed E-state index contributed by atoms with van der Waals surface area (Å²) in [5.74, 6) is 1.10. The number of hydrogen-bond donors (Lipinski definition) is 0. The van der Waals surface area contributed by atoms with E-state index in [2.05, 4.69) is 42.4 Å². The zero-order chi connectivity index (χ0) is 29.8. The fourth-order valence-electron chi connectivity index (χ4n) is 6.45. The van der Waals surface area contributed by atoms with E-state index in [0.717, 1.165) is 38.6 Å². The second kappa shape index (κ2) is 28.2. The summed E-state index contributed by atoms with van der Waals surface area (Å²) in [7, 11) is 0. The number of unbranched alkanes of at least 4 members (excludes halogenated alkanes) is 18. The number of carbonyl (C=O) groups excluding carboxylic acids is 1. The van der Waals surface area contributed by atoms with E-state index in [0.29, 0.717) is 12.5 Å². The first kappa shape index (κ1) is 38.4. The van der Waals surface area contributed by atoms with Crippen LogP contribution in [0, 0.1) is 5.92 Å². The average molecular weight is 578 g/mol. The van der Waals surface area contributed by atoms with Crippen LogP contribution in [0.3, 0.4) is 0 Å². The summed E-state index contributed by atoms with van der Waals surface area (Å²) in [6, 6.07) is 0. The molecule has 1 amide bonds. The molecule has 1 saturated heterocycles. The molecular formula is C37H75N3O. The van der Waals surface area contributed by atoms with Crippen molar-refractivity contribution in [2.45, 2.75) is 175 Å². The molecular weight excluding hydrogens is 502 g/mol. The summed E-state index contributed by atoms with van der Waals surface area (Å²) in [6.45, 7) is 17.5. The van der Waals surface area contributed by atoms with E-state index in [4.69, 9.17) is 0 Å². The number of amides is 1. The maximum Gasteiger partial charge on any atom is 0.236 e. The van der Waals surface area contributed by atoms with E-state index in [1.807, 2.05) is 0 Å². The number of hydrogen-bond acceptors (Lipinski definition) is 3. The van der Waals surface area contributed by atoms with Crippen molar-refractivity contribution in [2.75, 3.05) is 52.4 Å². The van der Waals surface area contributed by atoms with Crippen LogP contribution in [0.1, 0.15) is 175 Å². The van der Waals surface area contributed by atoms with Crippen LogP contribution in [0.5, 0.6) is 0 Å². The van der Waals surface area contributed by atoms with Gasteiger partial charge in [0.05, 0.1) is 6.54 Å². The Kier molecular flexibility index (Phi) is 26.4. The van der Waals surface area contributed by atoms with E-state index in [1.165, 1.54) is 161 Å². The SMILES string of the molecule is CCCCCCCCCN(CCCCCCCCC)CCN(CCCCCCCCC)CC(=O)N1CCC(CC)C1. The molecule has 4 nitrogen and oxygen atoms in total. The van der Waals surface area contributed by atoms with Gasteiger partial charge in [0.25, 0.3) is 0 Å². The predicted octanol–water partition coefficient (Wildman–Crippen LogP) is 10.1. The van der Waals surface area contributed by atoms with Crippen LogP contribution in [0.4, 0.5) is 0 Å². The Labute approximate surface area is 258 Å². The third-order valence-electron chi connectivity index (χ3n) is 9.54. The highest BCUT2D eigenvalue weighted by molar-refractivity contribution is 5.78. The Morgan fingerprint density at radius 2 is 0.927 bits per heavy atom. The molecule has 0 aromatic rings. The summed E-state index contributed by atoms with van der Waals surface area (Å²) in [4.78, 5) is 20.7. The first-order chi connectivity index (χ1) is 20.1. The zero-order valence-corrected chi connectivity index (χ0v) is 28.7. The van der Waals surface area contributed by atoms with Crippen molar-refractivity contribution in [3.8, 4) is 0 Å². The third-order valence-corrected chi connectivity index (χ3v) is 9.54. The summed E-state index contributed by atoms with van der Waals surface area (Å²) < 4.78 is 0. The Bertz CT molecular complexity index is 550. The van der Waals surface area contributed by atoms with Crippen molar-refractivity contribution in [2.24, 2.45) is 5.92 Å². The number of nitrogens with zero attached hydrogens (tertiary/aromatic N) is 3. The summed E-state index contributed by atoms with van der Waals surface area (Å²) in [6.07, 6.45) is 31.1. The van der Waals surface area contributed by atoms with Gasteiger partial charge in [0.1, 0.15) is 0 Å². The largest absolute Gasteiger partial charge is 0.341 e. The van der Waals surface area contributed by atoms with Crippen LogP contribution >= 0.6 is 0 Å². The molecule has 244 valence electrons. The molecule has 0 saturated carbocycles. The monoisotopic (exact) mass is 578 g/mol. The molecule has 0 N–H and O–H groups in total. The van der Waals surface area contributed by atoms with E-state index >= 15 is 0 Å². The predicted molar refractivity (Wildman–Crippen MR) is 182 cm³/mol. The molecule has 0 radical (unpaired) electrons. The molecule has 1 unspecified atom stereocenters. The topological polar surface area (TPSA) is 26.8 Å². The van der Waals surface area contributed by atoms with Gasteiger partial charge in [0.15, 0.2) is 0 Å². The molecule has 1 fully saturated rings. The zero-order valence-electron chi connectivity index (χ0n) is 28.7. The van der Waals surface area contributed by atoms with Crippen molar-refractivity contribution < 1.29 is 4.79 Å². The first-order valence-electron chi connectivity index (χ1n) is 18.9. The first-order valence-corrected chi connectivity index (χ1v) is 18.9. The molecule has 1 aliphatic rings. The van der Waals surface area contributed by atoms with Gasteiger partial charge in [-0.1, -0.05) is 150 Å². The highest BCUT2D eigenvalue weighted by Gasteiger charge is 2.26. The van der Waals surface area contributed by atoms with Crippen LogP contribution in [-0.2, 0) is 4.79 Å². The van der Waals surface area contributed by atoms with Gasteiger partial charge in [0, 0.05) is 26.2 Å². The summed E-state index contributed by atoms with van der Waals surface area (Å²) in [5.41, 5.74) is 0. The molecule has 0 spiro atoms. The molecule has 41 heavy (non-hydrogen) atoms. The maximum atomic E-state index is 13.3. The van der Waals surface area contributed by atoms with Crippen LogP contribution in [0.25, 0.3) is 0 Å². The minimum Gasteiger partial charge on any atom is -0.341 e. The van der Waals surface area contributed by atoms with Crippen LogP contribution in [0.2, 0.25) is 0 Å². The fourth-order valence-corrected chi connectivity index (χ4v) is 6.45. The van der Waals surface area contributed by atoms with Crippen molar-refractivity contribution in [3.05, 3.63) is 0 Å². The normalized spacial score (nSPS) is 15.6. The number of carbonyl (C=O) groups is 1. The summed E-state index contributed by atoms with van der Waals surface area (Å²) in [5, 5.41) is 0. The lowest BCUT2D eigenvalue weighted by Gasteiger charge is -2.29. The van der Waals surface area contributed by atoms with Gasteiger partial charge in [-0.05, 0) is 51.2 Å². The van der Waals surface area contributed by atoms with Gasteiger partial charge in [-0.3, -0.25) is 9.69 Å². The molecule has 4 heteroatoms. The second-order valence-electron chi connectivity index (χ2n) is 13.4.